The Morgan fingerprint density at radius 3 is 3.00 bits per heavy atom. The number of nitrogens with one attached hydrogen (secondary N) is 1. The van der Waals surface area contributed by atoms with Crippen LogP contribution in [0.25, 0.3) is 0 Å². The first kappa shape index (κ1) is 4.69. The molecule has 1 N–H and O–H groups in total. The molecule has 1 heteroatoms. The number of hydrogen-bond acceptors (Lipinski definition) is 1. The van der Waals surface area contributed by atoms with Gasteiger partial charge in [0.15, 0.2) is 0 Å². The Hall–Kier alpha value is -0.460. The van der Waals surface area contributed by atoms with Crippen molar-refractivity contribution in [2.45, 2.75) is 19.8 Å². The fourth-order valence-corrected chi connectivity index (χ4v) is 0.800. The summed E-state index contributed by atoms with van der Waals surface area (Å²) >= 11 is 0. The molecule has 0 amide bonds. The first-order valence-electron chi connectivity index (χ1n) is 2.85. The molecule has 0 bridgehead atoms. The lowest BCUT2D eigenvalue weighted by atomic mass is 10.2. The lowest BCUT2D eigenvalue weighted by Crippen LogP contribution is -1.96. The van der Waals surface area contributed by atoms with Crippen LogP contribution in [-0.2, 0) is 0 Å². The fourth-order valence-electron chi connectivity index (χ4n) is 0.800. The zero-order chi connectivity index (χ0) is 5.11. The van der Waals surface area contributed by atoms with E-state index in [1.807, 2.05) is 0 Å². The van der Waals surface area contributed by atoms with Gasteiger partial charge in [-0.1, -0.05) is 12.5 Å². The van der Waals surface area contributed by atoms with Gasteiger partial charge in [0.25, 0.3) is 0 Å². The molecule has 0 radical (unpaired) electrons. The minimum atomic E-state index is 1.16. The van der Waals surface area contributed by atoms with E-state index in [9.17, 15) is 0 Å². The van der Waals surface area contributed by atoms with E-state index < -0.39 is 0 Å². The van der Waals surface area contributed by atoms with Gasteiger partial charge in [-0.2, -0.15) is 0 Å². The average Bonchev–Trinajstić information content (AvgIpc) is 2.14. The highest BCUT2D eigenvalue weighted by Gasteiger charge is 1.97. The topological polar surface area (TPSA) is 12.0 Å². The Labute approximate surface area is 44.4 Å². The Bertz CT molecular complexity index is 84.2. The lowest BCUT2D eigenvalue weighted by Gasteiger charge is -1.86. The first-order chi connectivity index (χ1) is 3.43. The number of rotatable bonds is 1. The third-order valence-electron chi connectivity index (χ3n) is 1.35. The minimum absolute atomic E-state index is 1.16. The molecule has 40 valence electrons. The summed E-state index contributed by atoms with van der Waals surface area (Å²) in [6.45, 7) is 3.35. The van der Waals surface area contributed by atoms with Crippen molar-refractivity contribution in [3.8, 4) is 0 Å². The second kappa shape index (κ2) is 2.01. The number of hydrogen-bond donors (Lipinski definition) is 1. The lowest BCUT2D eigenvalue weighted by molar-refractivity contribution is 0.888. The molecule has 1 heterocycles. The van der Waals surface area contributed by atoms with E-state index in [0.29, 0.717) is 0 Å². The molecule has 0 spiro atoms. The van der Waals surface area contributed by atoms with Gasteiger partial charge in [0.1, 0.15) is 0 Å². The van der Waals surface area contributed by atoms with E-state index in [2.05, 4.69) is 18.4 Å². The molecule has 1 aliphatic heterocycles. The predicted molar refractivity (Wildman–Crippen MR) is 31.0 cm³/mol. The van der Waals surface area contributed by atoms with Crippen molar-refractivity contribution in [1.29, 1.82) is 0 Å². The SMILES string of the molecule is CCC1=CNCC1. The van der Waals surface area contributed by atoms with Crippen molar-refractivity contribution >= 4 is 0 Å². The molecule has 1 aliphatic rings. The van der Waals surface area contributed by atoms with E-state index in [0.717, 1.165) is 6.54 Å². The normalized spacial score (nSPS) is 18.7. The molecular weight excluding hydrogens is 86.1 g/mol. The van der Waals surface area contributed by atoms with Crippen LogP contribution < -0.4 is 5.32 Å². The van der Waals surface area contributed by atoms with Gasteiger partial charge in [-0.15, -0.1) is 0 Å². The smallest absolute Gasteiger partial charge is 0.0179 e. The molecule has 0 aromatic rings. The van der Waals surface area contributed by atoms with Gasteiger partial charge in [0, 0.05) is 6.54 Å². The minimum Gasteiger partial charge on any atom is -0.391 e. The van der Waals surface area contributed by atoms with Crippen LogP contribution in [0.3, 0.4) is 0 Å². The summed E-state index contributed by atoms with van der Waals surface area (Å²) in [4.78, 5) is 0. The fraction of sp³-hybridized carbons (Fsp3) is 0.667. The second-order valence-corrected chi connectivity index (χ2v) is 1.86. The largest absolute Gasteiger partial charge is 0.391 e. The maximum atomic E-state index is 3.16. The molecule has 0 saturated carbocycles. The highest BCUT2D eigenvalue weighted by atomic mass is 14.8. The molecule has 0 aromatic carbocycles. The van der Waals surface area contributed by atoms with Gasteiger partial charge in [-0.05, 0) is 19.0 Å². The summed E-state index contributed by atoms with van der Waals surface area (Å²) in [7, 11) is 0. The summed E-state index contributed by atoms with van der Waals surface area (Å²) in [6.07, 6.45) is 4.60. The summed E-state index contributed by atoms with van der Waals surface area (Å²) in [5.74, 6) is 0. The van der Waals surface area contributed by atoms with Crippen LogP contribution in [0.5, 0.6) is 0 Å². The Morgan fingerprint density at radius 2 is 2.71 bits per heavy atom. The van der Waals surface area contributed by atoms with Crippen LogP contribution in [0.1, 0.15) is 19.8 Å². The standard InChI is InChI=1S/C6H11N/c1-2-6-3-4-7-5-6/h5,7H,2-4H2,1H3. The van der Waals surface area contributed by atoms with Crippen LogP contribution >= 0.6 is 0 Å². The third-order valence-corrected chi connectivity index (χ3v) is 1.35. The van der Waals surface area contributed by atoms with Crippen LogP contribution in [0.2, 0.25) is 0 Å². The van der Waals surface area contributed by atoms with E-state index >= 15 is 0 Å². The van der Waals surface area contributed by atoms with Crippen molar-refractivity contribution in [2.75, 3.05) is 6.54 Å². The van der Waals surface area contributed by atoms with Gasteiger partial charge < -0.3 is 5.32 Å². The highest BCUT2D eigenvalue weighted by molar-refractivity contribution is 5.05. The van der Waals surface area contributed by atoms with Crippen LogP contribution in [0.4, 0.5) is 0 Å². The van der Waals surface area contributed by atoms with Crippen LogP contribution in [0.15, 0.2) is 11.8 Å². The van der Waals surface area contributed by atoms with E-state index in [4.69, 9.17) is 0 Å². The van der Waals surface area contributed by atoms with E-state index in [1.54, 1.807) is 5.57 Å². The molecule has 0 atom stereocenters. The van der Waals surface area contributed by atoms with Gasteiger partial charge in [0.05, 0.1) is 0 Å². The van der Waals surface area contributed by atoms with Gasteiger partial charge in [-0.3, -0.25) is 0 Å². The Morgan fingerprint density at radius 1 is 1.86 bits per heavy atom. The molecule has 1 nitrogen and oxygen atoms in total. The summed E-state index contributed by atoms with van der Waals surface area (Å²) in [5.41, 5.74) is 1.56. The second-order valence-electron chi connectivity index (χ2n) is 1.86. The molecule has 0 aliphatic carbocycles. The van der Waals surface area contributed by atoms with Gasteiger partial charge >= 0.3 is 0 Å². The maximum Gasteiger partial charge on any atom is 0.0179 e. The van der Waals surface area contributed by atoms with E-state index in [1.165, 1.54) is 12.8 Å². The molecule has 0 unspecified atom stereocenters. The molecule has 0 fully saturated rings. The van der Waals surface area contributed by atoms with Gasteiger partial charge in [0.2, 0.25) is 0 Å². The monoisotopic (exact) mass is 97.1 g/mol. The summed E-state index contributed by atoms with van der Waals surface area (Å²) in [5, 5.41) is 3.16. The van der Waals surface area contributed by atoms with Crippen molar-refractivity contribution in [1.82, 2.24) is 5.32 Å². The molecule has 0 saturated heterocycles. The van der Waals surface area contributed by atoms with Gasteiger partial charge in [-0.25, -0.2) is 0 Å². The summed E-state index contributed by atoms with van der Waals surface area (Å²) in [6, 6.07) is 0. The predicted octanol–water partition coefficient (Wildman–Crippen LogP) is 1.27. The Balaban J connectivity index is 2.36. The van der Waals surface area contributed by atoms with Crippen molar-refractivity contribution in [2.24, 2.45) is 0 Å². The highest BCUT2D eigenvalue weighted by Crippen LogP contribution is 2.07. The molecule has 0 aromatic heterocycles. The molecule has 1 rings (SSSR count). The molecule has 7 heavy (non-hydrogen) atoms. The van der Waals surface area contributed by atoms with Crippen molar-refractivity contribution in [3.05, 3.63) is 11.8 Å². The zero-order valence-electron chi connectivity index (χ0n) is 4.70. The quantitative estimate of drug-likeness (QED) is 0.519. The van der Waals surface area contributed by atoms with E-state index in [-0.39, 0.29) is 0 Å². The third kappa shape index (κ3) is 0.952. The summed E-state index contributed by atoms with van der Waals surface area (Å²) < 4.78 is 0. The van der Waals surface area contributed by atoms with Crippen molar-refractivity contribution in [3.63, 3.8) is 0 Å². The zero-order valence-corrected chi connectivity index (χ0v) is 4.70. The average molecular weight is 97.2 g/mol. The Kier molecular flexibility index (Phi) is 1.35. The first-order valence-corrected chi connectivity index (χ1v) is 2.85. The van der Waals surface area contributed by atoms with Crippen LogP contribution in [0, 0.1) is 0 Å². The van der Waals surface area contributed by atoms with Crippen LogP contribution in [-0.4, -0.2) is 6.54 Å². The van der Waals surface area contributed by atoms with Crippen molar-refractivity contribution < 1.29 is 0 Å². The maximum absolute atomic E-state index is 3.16. The molecular formula is C6H11N.